The van der Waals surface area contributed by atoms with Crippen molar-refractivity contribution in [1.82, 2.24) is 0 Å². The van der Waals surface area contributed by atoms with Crippen LogP contribution in [0.1, 0.15) is 20.8 Å². The van der Waals surface area contributed by atoms with Gasteiger partial charge in [-0.3, -0.25) is 25.3 Å². The molecule has 0 saturated carbocycles. The first-order valence-electron chi connectivity index (χ1n) is 4.60. The Kier molecular flexibility index (Phi) is 4.96. The van der Waals surface area contributed by atoms with E-state index in [9.17, 15) is 25.3 Å². The lowest BCUT2D eigenvalue weighted by atomic mass is 11.0. The Hall–Kier alpha value is -0.150. The van der Waals surface area contributed by atoms with E-state index in [1.54, 1.807) is 0 Å². The third kappa shape index (κ3) is 3.17. The van der Waals surface area contributed by atoms with Gasteiger partial charge in [0.15, 0.2) is 0 Å². The molecule has 0 bridgehead atoms. The van der Waals surface area contributed by atoms with Crippen molar-refractivity contribution in [3.63, 3.8) is 0 Å². The minimum Gasteiger partial charge on any atom is -0.260 e. The van der Waals surface area contributed by atoms with E-state index in [1.807, 2.05) is 0 Å². The summed E-state index contributed by atoms with van der Waals surface area (Å²) in [7, 11) is -12.8. The Morgan fingerprint density at radius 1 is 0.625 bits per heavy atom. The fourth-order valence-electron chi connectivity index (χ4n) is 0.934. The third-order valence-electron chi connectivity index (χ3n) is 1.90. The predicted octanol–water partition coefficient (Wildman–Crippen LogP) is -0.263. The molecule has 98 valence electrons. The van der Waals surface area contributed by atoms with Gasteiger partial charge in [-0.2, -0.15) is 0 Å². The molecule has 0 atom stereocenters. The lowest BCUT2D eigenvalue weighted by molar-refractivity contribution is 0.584. The summed E-state index contributed by atoms with van der Waals surface area (Å²) in [5, 5.41) is 0. The molecular weight excluding hydrogens is 276 g/mol. The zero-order valence-corrected chi connectivity index (χ0v) is 11.7. The Bertz CT molecular complexity index is 444. The zero-order chi connectivity index (χ0) is 13.2. The number of hydrogen-bond donors (Lipinski definition) is 0. The molecule has 6 nitrogen and oxygen atoms in total. The molecular formula is C7H15O6S3-. The zero-order valence-electron chi connectivity index (χ0n) is 9.30. The van der Waals surface area contributed by atoms with Gasteiger partial charge in [0.25, 0.3) is 0 Å². The second kappa shape index (κ2) is 5.01. The Morgan fingerprint density at radius 2 is 0.812 bits per heavy atom. The van der Waals surface area contributed by atoms with E-state index < -0.39 is 50.7 Å². The van der Waals surface area contributed by atoms with Crippen LogP contribution < -0.4 is 0 Å². The summed E-state index contributed by atoms with van der Waals surface area (Å²) < 4.78 is 67.8. The van der Waals surface area contributed by atoms with E-state index in [1.165, 1.54) is 20.8 Å². The van der Waals surface area contributed by atoms with Gasteiger partial charge in [-0.05, 0) is 0 Å². The van der Waals surface area contributed by atoms with Gasteiger partial charge >= 0.3 is 0 Å². The molecule has 0 aromatic carbocycles. The van der Waals surface area contributed by atoms with E-state index >= 15 is 0 Å². The summed E-state index contributed by atoms with van der Waals surface area (Å²) in [5.74, 6) is -1.66. The van der Waals surface area contributed by atoms with Crippen molar-refractivity contribution < 1.29 is 25.3 Å². The number of sulfone groups is 3. The summed E-state index contributed by atoms with van der Waals surface area (Å²) >= 11 is 0. The van der Waals surface area contributed by atoms with Gasteiger partial charge in [-0.15, -0.1) is 0 Å². The molecule has 0 aliphatic heterocycles. The quantitative estimate of drug-likeness (QED) is 0.625. The van der Waals surface area contributed by atoms with Crippen LogP contribution in [0.25, 0.3) is 0 Å². The van der Waals surface area contributed by atoms with Gasteiger partial charge in [0.05, 0.1) is 29.5 Å². The van der Waals surface area contributed by atoms with Crippen LogP contribution in [0.4, 0.5) is 0 Å². The van der Waals surface area contributed by atoms with Crippen molar-refractivity contribution in [3.8, 4) is 0 Å². The summed E-state index contributed by atoms with van der Waals surface area (Å²) in [6.45, 7) is 3.60. The number of rotatable bonds is 6. The molecule has 0 N–H and O–H groups in total. The maximum absolute atomic E-state index is 11.5. The molecule has 0 spiro atoms. The lowest BCUT2D eigenvalue weighted by Crippen LogP contribution is -2.33. The van der Waals surface area contributed by atoms with E-state index in [0.717, 1.165) is 0 Å². The van der Waals surface area contributed by atoms with Gasteiger partial charge in [0.1, 0.15) is 0 Å². The van der Waals surface area contributed by atoms with Crippen LogP contribution in [-0.2, 0) is 29.5 Å². The maximum atomic E-state index is 11.5. The first-order chi connectivity index (χ1) is 7.05. The molecule has 0 saturated heterocycles. The second-order valence-electron chi connectivity index (χ2n) is 2.96. The van der Waals surface area contributed by atoms with Crippen molar-refractivity contribution in [2.24, 2.45) is 0 Å². The average molecular weight is 291 g/mol. The molecule has 9 heteroatoms. The molecule has 0 heterocycles. The second-order valence-corrected chi connectivity index (χ2v) is 10.4. The largest absolute Gasteiger partial charge is 0.260 e. The van der Waals surface area contributed by atoms with Gasteiger partial charge in [-0.25, -0.2) is 0 Å². The van der Waals surface area contributed by atoms with Crippen molar-refractivity contribution in [2.45, 2.75) is 20.8 Å². The van der Waals surface area contributed by atoms with Crippen molar-refractivity contribution in [3.05, 3.63) is 3.91 Å². The highest BCUT2D eigenvalue weighted by Gasteiger charge is 2.31. The molecule has 0 unspecified atom stereocenters. The van der Waals surface area contributed by atoms with Crippen LogP contribution in [0, 0.1) is 3.91 Å². The molecule has 0 aliphatic rings. The smallest absolute Gasteiger partial charge is 0.0542 e. The van der Waals surface area contributed by atoms with Crippen LogP contribution >= 0.6 is 0 Å². The topological polar surface area (TPSA) is 102 Å². The highest BCUT2D eigenvalue weighted by Crippen LogP contribution is 2.27. The van der Waals surface area contributed by atoms with E-state index in [2.05, 4.69) is 0 Å². The molecule has 0 aliphatic carbocycles. The van der Waals surface area contributed by atoms with Crippen LogP contribution in [0.5, 0.6) is 0 Å². The highest BCUT2D eigenvalue weighted by molar-refractivity contribution is 8.28. The minimum absolute atomic E-state index is 0.555. The molecule has 0 rings (SSSR count). The summed E-state index contributed by atoms with van der Waals surface area (Å²) in [4.78, 5) is 0. The van der Waals surface area contributed by atoms with E-state index in [4.69, 9.17) is 0 Å². The molecule has 0 fully saturated rings. The summed E-state index contributed by atoms with van der Waals surface area (Å²) in [6.07, 6.45) is 0. The average Bonchev–Trinajstić information content (AvgIpc) is 2.16. The third-order valence-corrected chi connectivity index (χ3v) is 10.3. The normalized spacial score (nSPS) is 14.2. The van der Waals surface area contributed by atoms with Crippen LogP contribution in [0.3, 0.4) is 0 Å². The van der Waals surface area contributed by atoms with E-state index in [-0.39, 0.29) is 0 Å². The molecule has 0 aromatic rings. The predicted molar refractivity (Wildman–Crippen MR) is 61.6 cm³/mol. The first kappa shape index (κ1) is 15.9. The monoisotopic (exact) mass is 291 g/mol. The molecule has 0 radical (unpaired) electrons. The lowest BCUT2D eigenvalue weighted by Gasteiger charge is -2.27. The summed E-state index contributed by atoms with van der Waals surface area (Å²) in [5.41, 5.74) is 0. The molecule has 0 aromatic heterocycles. The first-order valence-corrected chi connectivity index (χ1v) is 9.56. The molecule has 16 heavy (non-hydrogen) atoms. The number of hydrogen-bond acceptors (Lipinski definition) is 6. The maximum Gasteiger partial charge on any atom is 0.0542 e. The summed E-state index contributed by atoms with van der Waals surface area (Å²) in [6, 6.07) is 0. The highest BCUT2D eigenvalue weighted by atomic mass is 32.3. The van der Waals surface area contributed by atoms with Gasteiger partial charge in [-0.1, -0.05) is 20.8 Å². The van der Waals surface area contributed by atoms with Crippen LogP contribution in [-0.4, -0.2) is 42.5 Å². The van der Waals surface area contributed by atoms with Gasteiger partial charge in [0.2, 0.25) is 0 Å². The Labute approximate surface area is 96.8 Å². The van der Waals surface area contributed by atoms with Gasteiger partial charge in [0, 0.05) is 21.2 Å². The van der Waals surface area contributed by atoms with Gasteiger partial charge < -0.3 is 0 Å². The fraction of sp³-hybridized carbons (Fsp3) is 0.857. The minimum atomic E-state index is -4.26. The Morgan fingerprint density at radius 3 is 0.938 bits per heavy atom. The van der Waals surface area contributed by atoms with E-state index in [0.29, 0.717) is 0 Å². The Balaban J connectivity index is 6.03. The van der Waals surface area contributed by atoms with Crippen LogP contribution in [0.2, 0.25) is 0 Å². The van der Waals surface area contributed by atoms with Crippen LogP contribution in [0.15, 0.2) is 0 Å². The van der Waals surface area contributed by atoms with Crippen molar-refractivity contribution >= 4 is 29.5 Å². The fourth-order valence-corrected chi connectivity index (χ4v) is 8.41. The standard InChI is InChI=1S/C7H15O6S3/c1-4-14(8,9)7(15(10,11)5-2)16(12,13)6-3/h4-6H2,1-3H3/q-1. The molecule has 0 amide bonds. The SMILES string of the molecule is CCS(=O)(=O)[C-](S(=O)(=O)CC)S(=O)(=O)CC. The van der Waals surface area contributed by atoms with Crippen molar-refractivity contribution in [2.75, 3.05) is 17.3 Å². The van der Waals surface area contributed by atoms with Crippen molar-refractivity contribution in [1.29, 1.82) is 0 Å².